The van der Waals surface area contributed by atoms with E-state index >= 15 is 0 Å². The summed E-state index contributed by atoms with van der Waals surface area (Å²) >= 11 is 9.41. The second-order valence-electron chi connectivity index (χ2n) is 6.59. The molecule has 0 bridgehead atoms. The minimum atomic E-state index is 0.0115. The third kappa shape index (κ3) is 4.43. The van der Waals surface area contributed by atoms with Crippen LogP contribution in [0.15, 0.2) is 57.4 Å². The van der Waals surface area contributed by atoms with Crippen molar-refractivity contribution in [1.29, 1.82) is 0 Å². The Kier molecular flexibility index (Phi) is 5.75. The van der Waals surface area contributed by atoms with E-state index in [9.17, 15) is 4.79 Å². The van der Waals surface area contributed by atoms with Crippen molar-refractivity contribution in [2.24, 2.45) is 0 Å². The summed E-state index contributed by atoms with van der Waals surface area (Å²) in [6.45, 7) is 3.38. The van der Waals surface area contributed by atoms with Gasteiger partial charge in [-0.25, -0.2) is 0 Å². The van der Waals surface area contributed by atoms with Gasteiger partial charge < -0.3 is 9.32 Å². The zero-order valence-electron chi connectivity index (χ0n) is 15.0. The molecular weight excluding hydrogens is 444 g/mol. The summed E-state index contributed by atoms with van der Waals surface area (Å²) < 4.78 is 6.80. The Hall–Kier alpha value is -2.22. The second kappa shape index (κ2) is 8.43. The van der Waals surface area contributed by atoms with Gasteiger partial charge in [-0.1, -0.05) is 33.6 Å². The number of carbonyl (C=O) groups excluding carboxylic acids is 1. The monoisotopic (exact) mass is 460 g/mol. The summed E-state index contributed by atoms with van der Waals surface area (Å²) in [4.78, 5) is 16.7. The standard InChI is InChI=1S/C20H18BrClN4O2/c21-16-6-4-14(5-7-16)19-24-23-18(28-19)13-25-8-10-26(11-9-25)20(27)15-2-1-3-17(22)12-15/h1-7,12H,8-11,13H2. The lowest BCUT2D eigenvalue weighted by atomic mass is 10.2. The molecule has 1 aliphatic heterocycles. The lowest BCUT2D eigenvalue weighted by Crippen LogP contribution is -2.48. The maximum atomic E-state index is 12.6. The third-order valence-electron chi connectivity index (χ3n) is 4.65. The van der Waals surface area contributed by atoms with E-state index in [1.807, 2.05) is 29.2 Å². The molecule has 8 heteroatoms. The van der Waals surface area contributed by atoms with E-state index in [1.54, 1.807) is 24.3 Å². The number of aromatic nitrogens is 2. The molecule has 0 unspecified atom stereocenters. The zero-order chi connectivity index (χ0) is 19.5. The summed E-state index contributed by atoms with van der Waals surface area (Å²) in [5.41, 5.74) is 1.51. The quantitative estimate of drug-likeness (QED) is 0.585. The minimum Gasteiger partial charge on any atom is -0.419 e. The number of halogens is 2. The number of hydrogen-bond donors (Lipinski definition) is 0. The Morgan fingerprint density at radius 2 is 1.82 bits per heavy atom. The molecule has 2 aromatic carbocycles. The molecule has 0 saturated carbocycles. The molecule has 144 valence electrons. The molecule has 0 spiro atoms. The Morgan fingerprint density at radius 3 is 2.54 bits per heavy atom. The van der Waals surface area contributed by atoms with Crippen molar-refractivity contribution < 1.29 is 9.21 Å². The van der Waals surface area contributed by atoms with Crippen molar-refractivity contribution in [3.8, 4) is 11.5 Å². The lowest BCUT2D eigenvalue weighted by molar-refractivity contribution is 0.0618. The average Bonchev–Trinajstić information content (AvgIpc) is 3.17. The Morgan fingerprint density at radius 1 is 1.07 bits per heavy atom. The van der Waals surface area contributed by atoms with Gasteiger partial charge >= 0.3 is 0 Å². The normalized spacial score (nSPS) is 15.0. The molecule has 6 nitrogen and oxygen atoms in total. The Bertz CT molecular complexity index is 968. The van der Waals surface area contributed by atoms with Crippen LogP contribution in [0.3, 0.4) is 0 Å². The highest BCUT2D eigenvalue weighted by atomic mass is 79.9. The molecule has 0 radical (unpaired) electrons. The van der Waals surface area contributed by atoms with Gasteiger partial charge in [-0.15, -0.1) is 10.2 Å². The number of nitrogens with zero attached hydrogens (tertiary/aromatic N) is 4. The zero-order valence-corrected chi connectivity index (χ0v) is 17.4. The van der Waals surface area contributed by atoms with E-state index < -0.39 is 0 Å². The maximum Gasteiger partial charge on any atom is 0.253 e. The lowest BCUT2D eigenvalue weighted by Gasteiger charge is -2.34. The van der Waals surface area contributed by atoms with E-state index in [0.717, 1.165) is 23.1 Å². The van der Waals surface area contributed by atoms with Gasteiger partial charge in [0.05, 0.1) is 6.54 Å². The van der Waals surface area contributed by atoms with E-state index in [4.69, 9.17) is 16.0 Å². The summed E-state index contributed by atoms with van der Waals surface area (Å²) in [7, 11) is 0. The molecular formula is C20H18BrClN4O2. The number of rotatable bonds is 4. The van der Waals surface area contributed by atoms with Crippen LogP contribution in [-0.4, -0.2) is 52.1 Å². The first-order valence-corrected chi connectivity index (χ1v) is 10.1. The Balaban J connectivity index is 1.33. The van der Waals surface area contributed by atoms with Gasteiger partial charge in [0.2, 0.25) is 11.8 Å². The van der Waals surface area contributed by atoms with Crippen LogP contribution in [0.2, 0.25) is 5.02 Å². The number of piperazine rings is 1. The summed E-state index contributed by atoms with van der Waals surface area (Å²) in [6.07, 6.45) is 0. The highest BCUT2D eigenvalue weighted by Gasteiger charge is 2.23. The number of amides is 1. The predicted molar refractivity (Wildman–Crippen MR) is 110 cm³/mol. The number of hydrogen-bond acceptors (Lipinski definition) is 5. The van der Waals surface area contributed by atoms with Crippen molar-refractivity contribution in [3.05, 3.63) is 69.5 Å². The third-order valence-corrected chi connectivity index (χ3v) is 5.41. The minimum absolute atomic E-state index is 0.0115. The molecule has 4 rings (SSSR count). The summed E-state index contributed by atoms with van der Waals surface area (Å²) in [5.74, 6) is 1.10. The van der Waals surface area contributed by atoms with Gasteiger partial charge in [0.1, 0.15) is 0 Å². The van der Waals surface area contributed by atoms with Crippen LogP contribution < -0.4 is 0 Å². The fraction of sp³-hybridized carbons (Fsp3) is 0.250. The molecule has 28 heavy (non-hydrogen) atoms. The number of carbonyl (C=O) groups is 1. The first-order valence-electron chi connectivity index (χ1n) is 8.94. The van der Waals surface area contributed by atoms with Gasteiger partial charge in [0.25, 0.3) is 5.91 Å². The topological polar surface area (TPSA) is 62.5 Å². The molecule has 0 atom stereocenters. The van der Waals surface area contributed by atoms with Crippen molar-refractivity contribution in [2.45, 2.75) is 6.54 Å². The Labute approximate surface area is 176 Å². The van der Waals surface area contributed by atoms with Gasteiger partial charge in [-0.3, -0.25) is 9.69 Å². The van der Waals surface area contributed by atoms with Gasteiger partial charge in [0.15, 0.2) is 0 Å². The SMILES string of the molecule is O=C(c1cccc(Cl)c1)N1CCN(Cc2nnc(-c3ccc(Br)cc3)o2)CC1. The van der Waals surface area contributed by atoms with Crippen LogP contribution in [0.4, 0.5) is 0 Å². The van der Waals surface area contributed by atoms with Gasteiger partial charge in [-0.05, 0) is 42.5 Å². The molecule has 1 amide bonds. The molecule has 0 aliphatic carbocycles. The highest BCUT2D eigenvalue weighted by molar-refractivity contribution is 9.10. The first kappa shape index (κ1) is 19.1. The molecule has 2 heterocycles. The molecule has 1 aliphatic rings. The van der Waals surface area contributed by atoms with Crippen LogP contribution in [0.1, 0.15) is 16.2 Å². The molecule has 3 aromatic rings. The van der Waals surface area contributed by atoms with Crippen molar-refractivity contribution in [1.82, 2.24) is 20.0 Å². The first-order chi connectivity index (χ1) is 13.6. The largest absolute Gasteiger partial charge is 0.419 e. The maximum absolute atomic E-state index is 12.6. The van der Waals surface area contributed by atoms with Crippen molar-refractivity contribution >= 4 is 33.4 Å². The van der Waals surface area contributed by atoms with Crippen LogP contribution in [0.5, 0.6) is 0 Å². The van der Waals surface area contributed by atoms with E-state index in [2.05, 4.69) is 31.0 Å². The molecule has 1 fully saturated rings. The highest BCUT2D eigenvalue weighted by Crippen LogP contribution is 2.21. The summed E-state index contributed by atoms with van der Waals surface area (Å²) in [6, 6.07) is 14.8. The van der Waals surface area contributed by atoms with E-state index in [-0.39, 0.29) is 5.91 Å². The molecule has 1 aromatic heterocycles. The van der Waals surface area contributed by atoms with Crippen LogP contribution in [-0.2, 0) is 6.54 Å². The number of benzene rings is 2. The smallest absolute Gasteiger partial charge is 0.253 e. The molecule has 1 saturated heterocycles. The van der Waals surface area contributed by atoms with E-state index in [0.29, 0.717) is 42.0 Å². The second-order valence-corrected chi connectivity index (χ2v) is 7.94. The van der Waals surface area contributed by atoms with Gasteiger partial charge in [-0.2, -0.15) is 0 Å². The van der Waals surface area contributed by atoms with E-state index in [1.165, 1.54) is 0 Å². The summed E-state index contributed by atoms with van der Waals surface area (Å²) in [5, 5.41) is 8.86. The van der Waals surface area contributed by atoms with Crippen LogP contribution >= 0.6 is 27.5 Å². The van der Waals surface area contributed by atoms with Gasteiger partial charge in [0, 0.05) is 46.8 Å². The van der Waals surface area contributed by atoms with Crippen molar-refractivity contribution in [2.75, 3.05) is 26.2 Å². The molecule has 0 N–H and O–H groups in total. The van der Waals surface area contributed by atoms with Crippen LogP contribution in [0.25, 0.3) is 11.5 Å². The fourth-order valence-electron chi connectivity index (χ4n) is 3.13. The predicted octanol–water partition coefficient (Wildman–Crippen LogP) is 4.11. The van der Waals surface area contributed by atoms with Crippen molar-refractivity contribution in [3.63, 3.8) is 0 Å². The average molecular weight is 462 g/mol. The van der Waals surface area contributed by atoms with Crippen LogP contribution in [0, 0.1) is 0 Å². The fourth-order valence-corrected chi connectivity index (χ4v) is 3.59.